The molecule has 132 valence electrons. The molecule has 0 aliphatic carbocycles. The molecule has 8 nitrogen and oxygen atoms in total. The second-order valence-corrected chi connectivity index (χ2v) is 6.54. The van der Waals surface area contributed by atoms with Crippen molar-refractivity contribution < 1.29 is 19.4 Å². The van der Waals surface area contributed by atoms with E-state index in [9.17, 15) is 9.90 Å². The third-order valence-corrected chi connectivity index (χ3v) is 4.76. The Morgan fingerprint density at radius 3 is 2.68 bits per heavy atom. The first-order chi connectivity index (χ1) is 12.1. The van der Waals surface area contributed by atoms with Crippen LogP contribution in [0.2, 0.25) is 0 Å². The van der Waals surface area contributed by atoms with Gasteiger partial charge in [0.25, 0.3) is 5.91 Å². The molecule has 2 aromatic rings. The number of amides is 1. The molecule has 4 rings (SSSR count). The first-order valence-corrected chi connectivity index (χ1v) is 8.28. The van der Waals surface area contributed by atoms with E-state index in [1.54, 1.807) is 28.9 Å². The monoisotopic (exact) mass is 344 g/mol. The van der Waals surface area contributed by atoms with Crippen molar-refractivity contribution in [3.8, 4) is 0 Å². The number of aliphatic hydroxyl groups is 1. The maximum Gasteiger partial charge on any atom is 0.278 e. The van der Waals surface area contributed by atoms with Crippen LogP contribution in [-0.2, 0) is 15.1 Å². The molecule has 2 fully saturated rings. The maximum atomic E-state index is 12.5. The minimum Gasteiger partial charge on any atom is -0.380 e. The molecule has 0 saturated carbocycles. The third kappa shape index (κ3) is 2.92. The van der Waals surface area contributed by atoms with Crippen molar-refractivity contribution in [2.24, 2.45) is 0 Å². The first-order valence-electron chi connectivity index (χ1n) is 8.28. The van der Waals surface area contributed by atoms with Gasteiger partial charge in [-0.1, -0.05) is 17.3 Å². The summed E-state index contributed by atoms with van der Waals surface area (Å²) in [6, 6.07) is 7.23. The van der Waals surface area contributed by atoms with Crippen LogP contribution in [0, 0.1) is 6.92 Å². The van der Waals surface area contributed by atoms with Gasteiger partial charge in [-0.3, -0.25) is 4.79 Å². The molecule has 2 saturated heterocycles. The largest absolute Gasteiger partial charge is 0.380 e. The highest BCUT2D eigenvalue weighted by Crippen LogP contribution is 2.30. The van der Waals surface area contributed by atoms with E-state index in [1.807, 2.05) is 6.92 Å². The summed E-state index contributed by atoms with van der Waals surface area (Å²) in [7, 11) is 0. The van der Waals surface area contributed by atoms with Crippen LogP contribution in [0.1, 0.15) is 34.2 Å². The normalized spacial score (nSPS) is 21.8. The number of aromatic nitrogens is 3. The molecule has 2 N–H and O–H groups in total. The summed E-state index contributed by atoms with van der Waals surface area (Å²) in [5.41, 5.74) is 1.54. The van der Waals surface area contributed by atoms with Gasteiger partial charge in [-0.05, 0) is 31.0 Å². The van der Waals surface area contributed by atoms with Crippen molar-refractivity contribution in [1.82, 2.24) is 15.0 Å². The number of carbonyl (C=O) groups excluding carboxylic acids is 1. The summed E-state index contributed by atoms with van der Waals surface area (Å²) in [4.78, 5) is 12.5. The van der Waals surface area contributed by atoms with E-state index in [0.29, 0.717) is 37.8 Å². The fourth-order valence-electron chi connectivity index (χ4n) is 3.13. The van der Waals surface area contributed by atoms with Crippen molar-refractivity contribution >= 4 is 11.6 Å². The van der Waals surface area contributed by atoms with Gasteiger partial charge in [-0.15, -0.1) is 5.10 Å². The summed E-state index contributed by atoms with van der Waals surface area (Å²) in [5.74, 6) is -0.305. The number of rotatable bonds is 4. The second-order valence-electron chi connectivity index (χ2n) is 6.54. The molecule has 1 unspecified atom stereocenters. The molecule has 1 aromatic heterocycles. The van der Waals surface area contributed by atoms with Gasteiger partial charge in [0.1, 0.15) is 5.60 Å². The predicted octanol–water partition coefficient (Wildman–Crippen LogP) is 1.02. The van der Waals surface area contributed by atoms with Gasteiger partial charge in [0.05, 0.1) is 31.6 Å². The number of nitrogens with one attached hydrogen (secondary N) is 1. The van der Waals surface area contributed by atoms with E-state index >= 15 is 0 Å². The summed E-state index contributed by atoms with van der Waals surface area (Å²) in [6.07, 6.45) is 0.874. The second kappa shape index (κ2) is 6.21. The molecule has 1 amide bonds. The number of benzene rings is 1. The lowest BCUT2D eigenvalue weighted by Crippen LogP contribution is -2.46. The van der Waals surface area contributed by atoms with E-state index in [-0.39, 0.29) is 11.9 Å². The number of hydrogen-bond acceptors (Lipinski definition) is 6. The highest BCUT2D eigenvalue weighted by Gasteiger charge is 2.37. The number of nitrogens with zero attached hydrogens (tertiary/aromatic N) is 3. The zero-order valence-electron chi connectivity index (χ0n) is 13.9. The molecule has 2 aliphatic rings. The molecule has 1 aromatic carbocycles. The van der Waals surface area contributed by atoms with Crippen LogP contribution < -0.4 is 5.32 Å². The Hall–Kier alpha value is -2.29. The van der Waals surface area contributed by atoms with E-state index < -0.39 is 5.60 Å². The highest BCUT2D eigenvalue weighted by atomic mass is 16.5. The van der Waals surface area contributed by atoms with Gasteiger partial charge in [0.15, 0.2) is 5.69 Å². The van der Waals surface area contributed by atoms with Gasteiger partial charge in [-0.2, -0.15) is 0 Å². The lowest BCUT2D eigenvalue weighted by atomic mass is 9.92. The number of hydrogen-bond donors (Lipinski definition) is 2. The minimum absolute atomic E-state index is 0.138. The Bertz CT molecular complexity index is 776. The van der Waals surface area contributed by atoms with E-state index in [1.165, 1.54) is 0 Å². The molecule has 25 heavy (non-hydrogen) atoms. The van der Waals surface area contributed by atoms with Crippen molar-refractivity contribution in [2.45, 2.75) is 25.0 Å². The zero-order valence-corrected chi connectivity index (χ0v) is 13.9. The first kappa shape index (κ1) is 16.2. The number of anilines is 1. The van der Waals surface area contributed by atoms with Crippen molar-refractivity contribution in [1.29, 1.82) is 0 Å². The van der Waals surface area contributed by atoms with E-state index in [0.717, 1.165) is 17.7 Å². The van der Waals surface area contributed by atoms with Crippen LogP contribution in [0.25, 0.3) is 0 Å². The maximum absolute atomic E-state index is 12.5. The molecule has 2 aliphatic heterocycles. The minimum atomic E-state index is -0.912. The quantitative estimate of drug-likeness (QED) is 0.859. The summed E-state index contributed by atoms with van der Waals surface area (Å²) < 4.78 is 12.2. The Kier molecular flexibility index (Phi) is 4.03. The SMILES string of the molecule is Cc1c(C(=O)Nc2ccc(C3(O)COC3)cc2)nnn1C1CCOC1. The topological polar surface area (TPSA) is 98.5 Å². The van der Waals surface area contributed by atoms with Gasteiger partial charge in [-0.25, -0.2) is 4.68 Å². The van der Waals surface area contributed by atoms with Crippen LogP contribution in [0.3, 0.4) is 0 Å². The smallest absolute Gasteiger partial charge is 0.278 e. The molecule has 0 bridgehead atoms. The Morgan fingerprint density at radius 2 is 2.08 bits per heavy atom. The fourth-order valence-corrected chi connectivity index (χ4v) is 3.13. The fraction of sp³-hybridized carbons (Fsp3) is 0.471. The van der Waals surface area contributed by atoms with Crippen LogP contribution in [0.5, 0.6) is 0 Å². The van der Waals surface area contributed by atoms with Gasteiger partial charge >= 0.3 is 0 Å². The summed E-state index contributed by atoms with van der Waals surface area (Å²) >= 11 is 0. The molecular formula is C17H20N4O4. The Balaban J connectivity index is 1.47. The third-order valence-electron chi connectivity index (χ3n) is 4.76. The molecule has 0 radical (unpaired) electrons. The van der Waals surface area contributed by atoms with Crippen LogP contribution in [-0.4, -0.2) is 52.4 Å². The van der Waals surface area contributed by atoms with Gasteiger partial charge < -0.3 is 19.9 Å². The lowest BCUT2D eigenvalue weighted by Gasteiger charge is -2.36. The van der Waals surface area contributed by atoms with Crippen molar-refractivity contribution in [3.63, 3.8) is 0 Å². The van der Waals surface area contributed by atoms with Gasteiger partial charge in [0.2, 0.25) is 0 Å². The summed E-state index contributed by atoms with van der Waals surface area (Å²) in [5, 5.41) is 21.2. The highest BCUT2D eigenvalue weighted by molar-refractivity contribution is 6.03. The van der Waals surface area contributed by atoms with Crippen LogP contribution >= 0.6 is 0 Å². The Labute approximate surface area is 144 Å². The molecule has 8 heteroatoms. The van der Waals surface area contributed by atoms with Crippen molar-refractivity contribution in [2.75, 3.05) is 31.7 Å². The average Bonchev–Trinajstić information content (AvgIpc) is 3.22. The molecule has 3 heterocycles. The number of carbonyl (C=O) groups is 1. The van der Waals surface area contributed by atoms with E-state index in [4.69, 9.17) is 9.47 Å². The molecule has 1 atom stereocenters. The van der Waals surface area contributed by atoms with Crippen LogP contribution in [0.4, 0.5) is 5.69 Å². The van der Waals surface area contributed by atoms with Gasteiger partial charge in [0, 0.05) is 12.3 Å². The van der Waals surface area contributed by atoms with Crippen LogP contribution in [0.15, 0.2) is 24.3 Å². The standard InChI is InChI=1S/C17H20N4O4/c1-11-15(19-20-21(11)14-6-7-24-8-14)16(22)18-13-4-2-12(3-5-13)17(23)9-25-10-17/h2-5,14,23H,6-10H2,1H3,(H,18,22). The van der Waals surface area contributed by atoms with E-state index in [2.05, 4.69) is 15.6 Å². The molecular weight excluding hydrogens is 324 g/mol. The predicted molar refractivity (Wildman–Crippen MR) is 88.3 cm³/mol. The number of ether oxygens (including phenoxy) is 2. The molecule has 0 spiro atoms. The average molecular weight is 344 g/mol. The Morgan fingerprint density at radius 1 is 1.32 bits per heavy atom. The zero-order chi connectivity index (χ0) is 17.4. The van der Waals surface area contributed by atoms with Crippen molar-refractivity contribution in [3.05, 3.63) is 41.2 Å². The summed E-state index contributed by atoms with van der Waals surface area (Å²) in [6.45, 7) is 3.73. The lowest BCUT2D eigenvalue weighted by molar-refractivity contribution is -0.184.